The first-order valence-corrected chi connectivity index (χ1v) is 7.59. The first-order chi connectivity index (χ1) is 9.72. The van der Waals surface area contributed by atoms with E-state index in [1.54, 1.807) is 28.4 Å². The molecule has 0 unspecified atom stereocenters. The second-order valence-corrected chi connectivity index (χ2v) is 6.27. The minimum Gasteiger partial charge on any atom is -0.347 e. The summed E-state index contributed by atoms with van der Waals surface area (Å²) in [4.78, 5) is 18.0. The van der Waals surface area contributed by atoms with Gasteiger partial charge in [0.2, 0.25) is 5.13 Å². The number of anilines is 1. The Morgan fingerprint density at radius 1 is 1.35 bits per heavy atom. The van der Waals surface area contributed by atoms with Crippen LogP contribution in [0, 0.1) is 12.8 Å². The highest BCUT2D eigenvalue weighted by atomic mass is 32.1. The Labute approximate surface area is 121 Å². The van der Waals surface area contributed by atoms with Gasteiger partial charge >= 0.3 is 0 Å². The molecule has 2 aromatic heterocycles. The molecular weight excluding hydrogens is 274 g/mol. The average molecular weight is 291 g/mol. The molecule has 1 saturated heterocycles. The van der Waals surface area contributed by atoms with Gasteiger partial charge in [0.25, 0.3) is 5.56 Å². The second-order valence-electron chi connectivity index (χ2n) is 5.10. The highest BCUT2D eigenvalue weighted by Crippen LogP contribution is 2.26. The van der Waals surface area contributed by atoms with Crippen molar-refractivity contribution < 1.29 is 0 Å². The van der Waals surface area contributed by atoms with Crippen LogP contribution in [-0.4, -0.2) is 32.8 Å². The average Bonchev–Trinajstić information content (AvgIpc) is 2.89. The van der Waals surface area contributed by atoms with Gasteiger partial charge in [0.1, 0.15) is 5.01 Å². The van der Waals surface area contributed by atoms with Gasteiger partial charge in [-0.05, 0) is 25.7 Å². The monoisotopic (exact) mass is 291 g/mol. The first kappa shape index (κ1) is 13.2. The van der Waals surface area contributed by atoms with E-state index in [9.17, 15) is 4.79 Å². The van der Waals surface area contributed by atoms with E-state index in [0.717, 1.165) is 42.6 Å². The Hall–Kier alpha value is -1.76. The van der Waals surface area contributed by atoms with Gasteiger partial charge in [-0.3, -0.25) is 9.36 Å². The lowest BCUT2D eigenvalue weighted by Crippen LogP contribution is -2.36. The summed E-state index contributed by atoms with van der Waals surface area (Å²) in [6, 6.07) is 1.51. The van der Waals surface area contributed by atoms with Gasteiger partial charge in [0, 0.05) is 31.9 Å². The fourth-order valence-electron chi connectivity index (χ4n) is 2.51. The van der Waals surface area contributed by atoms with E-state index in [2.05, 4.69) is 20.1 Å². The highest BCUT2D eigenvalue weighted by Gasteiger charge is 2.22. The van der Waals surface area contributed by atoms with Crippen molar-refractivity contribution in [2.45, 2.75) is 26.3 Å². The maximum Gasteiger partial charge on any atom is 0.253 e. The van der Waals surface area contributed by atoms with E-state index in [1.807, 2.05) is 6.92 Å². The number of aryl methyl sites for hydroxylation is 1. The molecule has 3 rings (SSSR count). The maximum absolute atomic E-state index is 11.7. The fraction of sp³-hybridized carbons (Fsp3) is 0.538. The van der Waals surface area contributed by atoms with E-state index < -0.39 is 0 Å². The third-order valence-electron chi connectivity index (χ3n) is 3.65. The predicted octanol–water partition coefficient (Wildman–Crippen LogP) is 1.32. The molecule has 0 saturated carbocycles. The molecular formula is C13H17N5OS. The summed E-state index contributed by atoms with van der Waals surface area (Å²) in [5, 5.41) is 10.3. The Morgan fingerprint density at radius 3 is 2.80 bits per heavy atom. The molecule has 0 aromatic carbocycles. The predicted molar refractivity (Wildman–Crippen MR) is 78.1 cm³/mol. The minimum atomic E-state index is 0.0298. The van der Waals surface area contributed by atoms with Crippen molar-refractivity contribution in [1.82, 2.24) is 19.7 Å². The van der Waals surface area contributed by atoms with Crippen LogP contribution in [0.15, 0.2) is 23.4 Å². The molecule has 1 aliphatic heterocycles. The molecule has 0 aliphatic carbocycles. The summed E-state index contributed by atoms with van der Waals surface area (Å²) in [5.41, 5.74) is 0.0298. The molecule has 0 N–H and O–H groups in total. The van der Waals surface area contributed by atoms with Gasteiger partial charge in [-0.1, -0.05) is 11.3 Å². The summed E-state index contributed by atoms with van der Waals surface area (Å²) in [6.45, 7) is 4.70. The van der Waals surface area contributed by atoms with Crippen LogP contribution >= 0.6 is 11.3 Å². The number of nitrogens with zero attached hydrogens (tertiary/aromatic N) is 5. The lowest BCUT2D eigenvalue weighted by molar-refractivity contribution is 0.351. The Bertz CT molecular complexity index is 629. The zero-order valence-electron chi connectivity index (χ0n) is 11.4. The third kappa shape index (κ3) is 2.87. The SMILES string of the molecule is Cc1nnc(N2CCC(Cn3cnccc3=O)CC2)s1. The van der Waals surface area contributed by atoms with Crippen LogP contribution in [0.1, 0.15) is 17.8 Å². The molecule has 0 spiro atoms. The fourth-order valence-corrected chi connectivity index (χ4v) is 3.25. The zero-order valence-corrected chi connectivity index (χ0v) is 12.2. The van der Waals surface area contributed by atoms with Crippen LogP contribution in [0.4, 0.5) is 5.13 Å². The lowest BCUT2D eigenvalue weighted by Gasteiger charge is -2.31. The van der Waals surface area contributed by atoms with Gasteiger partial charge in [-0.15, -0.1) is 10.2 Å². The Balaban J connectivity index is 1.59. The van der Waals surface area contributed by atoms with Crippen molar-refractivity contribution in [3.05, 3.63) is 34.0 Å². The van der Waals surface area contributed by atoms with Crippen LogP contribution in [0.25, 0.3) is 0 Å². The number of aromatic nitrogens is 4. The van der Waals surface area contributed by atoms with E-state index in [0.29, 0.717) is 5.92 Å². The molecule has 0 bridgehead atoms. The van der Waals surface area contributed by atoms with Crippen molar-refractivity contribution in [2.75, 3.05) is 18.0 Å². The van der Waals surface area contributed by atoms with Gasteiger partial charge in [0.05, 0.1) is 6.33 Å². The minimum absolute atomic E-state index is 0.0298. The number of hydrogen-bond acceptors (Lipinski definition) is 6. The molecule has 0 radical (unpaired) electrons. The van der Waals surface area contributed by atoms with Crippen LogP contribution in [0.5, 0.6) is 0 Å². The smallest absolute Gasteiger partial charge is 0.253 e. The van der Waals surface area contributed by atoms with Gasteiger partial charge in [-0.2, -0.15) is 0 Å². The molecule has 3 heterocycles. The summed E-state index contributed by atoms with van der Waals surface area (Å²) in [6.07, 6.45) is 5.31. The van der Waals surface area contributed by atoms with Crippen LogP contribution in [0.3, 0.4) is 0 Å². The van der Waals surface area contributed by atoms with Gasteiger partial charge < -0.3 is 4.90 Å². The van der Waals surface area contributed by atoms with Crippen LogP contribution in [0.2, 0.25) is 0 Å². The molecule has 20 heavy (non-hydrogen) atoms. The molecule has 1 aliphatic rings. The Morgan fingerprint density at radius 2 is 2.15 bits per heavy atom. The molecule has 6 nitrogen and oxygen atoms in total. The standard InChI is InChI=1S/C13H17N5OS/c1-10-15-16-13(20-10)17-6-3-11(4-7-17)8-18-9-14-5-2-12(18)19/h2,5,9,11H,3-4,6-8H2,1H3. The van der Waals surface area contributed by atoms with E-state index in [-0.39, 0.29) is 5.56 Å². The quantitative estimate of drug-likeness (QED) is 0.853. The lowest BCUT2D eigenvalue weighted by atomic mass is 9.97. The molecule has 7 heteroatoms. The van der Waals surface area contributed by atoms with Crippen molar-refractivity contribution >= 4 is 16.5 Å². The van der Waals surface area contributed by atoms with Crippen LogP contribution < -0.4 is 10.5 Å². The number of hydrogen-bond donors (Lipinski definition) is 0. The molecule has 0 amide bonds. The summed E-state index contributed by atoms with van der Waals surface area (Å²) < 4.78 is 1.70. The Kier molecular flexibility index (Phi) is 3.77. The van der Waals surface area contributed by atoms with Crippen LogP contribution in [-0.2, 0) is 6.54 Å². The first-order valence-electron chi connectivity index (χ1n) is 6.78. The highest BCUT2D eigenvalue weighted by molar-refractivity contribution is 7.15. The van der Waals surface area contributed by atoms with Crippen molar-refractivity contribution in [3.8, 4) is 0 Å². The molecule has 1 fully saturated rings. The van der Waals surface area contributed by atoms with E-state index in [1.165, 1.54) is 6.07 Å². The summed E-state index contributed by atoms with van der Waals surface area (Å²) in [7, 11) is 0. The third-order valence-corrected chi connectivity index (χ3v) is 4.55. The largest absolute Gasteiger partial charge is 0.347 e. The molecule has 0 atom stereocenters. The van der Waals surface area contributed by atoms with Crippen molar-refractivity contribution in [1.29, 1.82) is 0 Å². The topological polar surface area (TPSA) is 63.9 Å². The zero-order chi connectivity index (χ0) is 13.9. The second kappa shape index (κ2) is 5.70. The van der Waals surface area contributed by atoms with Crippen molar-refractivity contribution in [2.24, 2.45) is 5.92 Å². The van der Waals surface area contributed by atoms with E-state index in [4.69, 9.17) is 0 Å². The maximum atomic E-state index is 11.7. The molecule has 2 aromatic rings. The van der Waals surface area contributed by atoms with Gasteiger partial charge in [0.15, 0.2) is 0 Å². The normalized spacial score (nSPS) is 16.6. The van der Waals surface area contributed by atoms with E-state index >= 15 is 0 Å². The summed E-state index contributed by atoms with van der Waals surface area (Å²) in [5.74, 6) is 0.530. The van der Waals surface area contributed by atoms with Gasteiger partial charge in [-0.25, -0.2) is 4.98 Å². The molecule has 106 valence electrons. The number of piperidine rings is 1. The summed E-state index contributed by atoms with van der Waals surface area (Å²) >= 11 is 1.64. The number of rotatable bonds is 3. The van der Waals surface area contributed by atoms with Crippen molar-refractivity contribution in [3.63, 3.8) is 0 Å².